The van der Waals surface area contributed by atoms with Crippen LogP contribution in [-0.4, -0.2) is 28.5 Å². The third-order valence-corrected chi connectivity index (χ3v) is 3.87. The van der Waals surface area contributed by atoms with Crippen molar-refractivity contribution in [2.45, 2.75) is 12.3 Å². The van der Waals surface area contributed by atoms with Gasteiger partial charge in [-0.1, -0.05) is 35.5 Å². The van der Waals surface area contributed by atoms with Crippen molar-refractivity contribution in [3.05, 3.63) is 42.2 Å². The van der Waals surface area contributed by atoms with E-state index < -0.39 is 0 Å². The summed E-state index contributed by atoms with van der Waals surface area (Å²) in [6.45, 7) is 1.36. The molecule has 2 heterocycles. The maximum absolute atomic E-state index is 10.4. The summed E-state index contributed by atoms with van der Waals surface area (Å²) in [7, 11) is 0. The Balaban J connectivity index is 1.77. The second-order valence-corrected chi connectivity index (χ2v) is 5.20. The predicted molar refractivity (Wildman–Crippen MR) is 77.1 cm³/mol. The van der Waals surface area contributed by atoms with Crippen molar-refractivity contribution in [1.29, 1.82) is 0 Å². The Morgan fingerprint density at radius 1 is 1.14 bits per heavy atom. The first kappa shape index (κ1) is 12.3. The Labute approximate surface area is 121 Å². The summed E-state index contributed by atoms with van der Waals surface area (Å²) in [4.78, 5) is 4.41. The molecule has 0 radical (unpaired) electrons. The van der Waals surface area contributed by atoms with Crippen molar-refractivity contribution in [3.8, 4) is 17.2 Å². The number of aromatic hydroxyl groups is 1. The first-order valence-corrected chi connectivity index (χ1v) is 6.95. The second-order valence-electron chi connectivity index (χ2n) is 5.20. The number of phenols is 1. The lowest BCUT2D eigenvalue weighted by atomic mass is 10.1. The Morgan fingerprint density at radius 2 is 2.05 bits per heavy atom. The molecule has 3 aromatic rings. The van der Waals surface area contributed by atoms with Gasteiger partial charge in [0.25, 0.3) is 5.89 Å². The lowest BCUT2D eigenvalue weighted by Gasteiger charge is -2.04. The fourth-order valence-electron chi connectivity index (χ4n) is 2.68. The molecule has 0 saturated carbocycles. The van der Waals surface area contributed by atoms with Gasteiger partial charge in [-0.15, -0.1) is 0 Å². The Hall–Kier alpha value is -2.40. The SMILES string of the molecule is Oc1c(-c2nc(C3CCOC3)no2)ccc2ccccc12. The molecule has 1 aliphatic rings. The summed E-state index contributed by atoms with van der Waals surface area (Å²) in [5.74, 6) is 1.35. The first-order chi connectivity index (χ1) is 10.3. The van der Waals surface area contributed by atoms with Crippen molar-refractivity contribution in [3.63, 3.8) is 0 Å². The molecule has 1 saturated heterocycles. The van der Waals surface area contributed by atoms with Crippen molar-refractivity contribution >= 4 is 10.8 Å². The molecule has 0 bridgehead atoms. The molecule has 1 aromatic heterocycles. The van der Waals surface area contributed by atoms with Crippen LogP contribution >= 0.6 is 0 Å². The van der Waals surface area contributed by atoms with Gasteiger partial charge >= 0.3 is 0 Å². The third kappa shape index (κ3) is 2.06. The number of fused-ring (bicyclic) bond motifs is 1. The van der Waals surface area contributed by atoms with E-state index >= 15 is 0 Å². The number of phenolic OH excluding ortho intramolecular Hbond substituents is 1. The van der Waals surface area contributed by atoms with Gasteiger partial charge in [0.05, 0.1) is 12.2 Å². The fraction of sp³-hybridized carbons (Fsp3) is 0.250. The van der Waals surface area contributed by atoms with Gasteiger partial charge in [0.1, 0.15) is 5.75 Å². The largest absolute Gasteiger partial charge is 0.506 e. The highest BCUT2D eigenvalue weighted by Gasteiger charge is 2.24. The highest BCUT2D eigenvalue weighted by molar-refractivity contribution is 5.93. The molecule has 1 aliphatic heterocycles. The summed E-state index contributed by atoms with van der Waals surface area (Å²) in [6, 6.07) is 11.4. The molecule has 0 spiro atoms. The van der Waals surface area contributed by atoms with Crippen LogP contribution in [0.2, 0.25) is 0 Å². The van der Waals surface area contributed by atoms with E-state index in [0.29, 0.717) is 23.9 Å². The summed E-state index contributed by atoms with van der Waals surface area (Å²) >= 11 is 0. The molecule has 5 nitrogen and oxygen atoms in total. The van der Waals surface area contributed by atoms with E-state index in [9.17, 15) is 5.11 Å². The van der Waals surface area contributed by atoms with Gasteiger partial charge in [-0.3, -0.25) is 0 Å². The van der Waals surface area contributed by atoms with Crippen LogP contribution in [0.5, 0.6) is 5.75 Å². The van der Waals surface area contributed by atoms with E-state index in [2.05, 4.69) is 10.1 Å². The van der Waals surface area contributed by atoms with Gasteiger partial charge < -0.3 is 14.4 Å². The number of rotatable bonds is 2. The molecule has 0 amide bonds. The molecule has 21 heavy (non-hydrogen) atoms. The van der Waals surface area contributed by atoms with Crippen LogP contribution in [-0.2, 0) is 4.74 Å². The average molecular weight is 282 g/mol. The number of aromatic nitrogens is 2. The van der Waals surface area contributed by atoms with Gasteiger partial charge in [-0.05, 0) is 17.9 Å². The number of ether oxygens (including phenoxy) is 1. The topological polar surface area (TPSA) is 68.4 Å². The highest BCUT2D eigenvalue weighted by atomic mass is 16.5. The molecule has 0 aliphatic carbocycles. The van der Waals surface area contributed by atoms with E-state index in [4.69, 9.17) is 9.26 Å². The van der Waals surface area contributed by atoms with Gasteiger partial charge in [-0.2, -0.15) is 4.98 Å². The Bertz CT molecular complexity index is 791. The van der Waals surface area contributed by atoms with E-state index in [1.54, 1.807) is 6.07 Å². The smallest absolute Gasteiger partial charge is 0.261 e. The van der Waals surface area contributed by atoms with Crippen LogP contribution < -0.4 is 0 Å². The maximum Gasteiger partial charge on any atom is 0.261 e. The van der Waals surface area contributed by atoms with E-state index in [-0.39, 0.29) is 11.7 Å². The summed E-state index contributed by atoms with van der Waals surface area (Å²) < 4.78 is 10.7. The van der Waals surface area contributed by atoms with Crippen LogP contribution in [0.15, 0.2) is 40.9 Å². The third-order valence-electron chi connectivity index (χ3n) is 3.87. The zero-order chi connectivity index (χ0) is 14.2. The van der Waals surface area contributed by atoms with Crippen LogP contribution in [0, 0.1) is 0 Å². The van der Waals surface area contributed by atoms with Gasteiger partial charge in [0.15, 0.2) is 5.82 Å². The zero-order valence-electron chi connectivity index (χ0n) is 11.3. The molecular weight excluding hydrogens is 268 g/mol. The number of benzene rings is 2. The number of hydrogen-bond donors (Lipinski definition) is 1. The monoisotopic (exact) mass is 282 g/mol. The lowest BCUT2D eigenvalue weighted by Crippen LogP contribution is -1.99. The maximum atomic E-state index is 10.4. The summed E-state index contributed by atoms with van der Waals surface area (Å²) in [5.41, 5.74) is 0.561. The van der Waals surface area contributed by atoms with E-state index in [0.717, 1.165) is 23.8 Å². The minimum absolute atomic E-state index is 0.172. The molecule has 2 aromatic carbocycles. The van der Waals surface area contributed by atoms with Crippen molar-refractivity contribution in [2.24, 2.45) is 0 Å². The van der Waals surface area contributed by atoms with Crippen molar-refractivity contribution in [2.75, 3.05) is 13.2 Å². The minimum atomic E-state index is 0.172. The van der Waals surface area contributed by atoms with Gasteiger partial charge in [0, 0.05) is 17.9 Å². The Kier molecular flexibility index (Phi) is 2.86. The molecule has 1 N–H and O–H groups in total. The van der Waals surface area contributed by atoms with E-state index in [1.165, 1.54) is 0 Å². The number of hydrogen-bond acceptors (Lipinski definition) is 5. The first-order valence-electron chi connectivity index (χ1n) is 6.95. The fourth-order valence-corrected chi connectivity index (χ4v) is 2.68. The second kappa shape index (κ2) is 4.86. The van der Waals surface area contributed by atoms with Crippen LogP contribution in [0.25, 0.3) is 22.2 Å². The highest BCUT2D eigenvalue weighted by Crippen LogP contribution is 2.35. The normalized spacial score (nSPS) is 18.4. The van der Waals surface area contributed by atoms with E-state index in [1.807, 2.05) is 30.3 Å². The van der Waals surface area contributed by atoms with Gasteiger partial charge in [-0.25, -0.2) is 0 Å². The quantitative estimate of drug-likeness (QED) is 0.782. The standard InChI is InChI=1S/C16H14N2O3/c19-14-12-4-2-1-3-10(12)5-6-13(14)16-17-15(18-21-16)11-7-8-20-9-11/h1-6,11,19H,7-9H2. The van der Waals surface area contributed by atoms with Crippen molar-refractivity contribution in [1.82, 2.24) is 10.1 Å². The Morgan fingerprint density at radius 3 is 2.90 bits per heavy atom. The molecule has 4 rings (SSSR count). The molecule has 1 fully saturated rings. The van der Waals surface area contributed by atoms with Crippen LogP contribution in [0.3, 0.4) is 0 Å². The number of nitrogens with zero attached hydrogens (tertiary/aromatic N) is 2. The predicted octanol–water partition coefficient (Wildman–Crippen LogP) is 3.10. The molecule has 1 atom stereocenters. The molecule has 1 unspecified atom stereocenters. The van der Waals surface area contributed by atoms with Crippen LogP contribution in [0.1, 0.15) is 18.2 Å². The minimum Gasteiger partial charge on any atom is -0.506 e. The van der Waals surface area contributed by atoms with Crippen molar-refractivity contribution < 1.29 is 14.4 Å². The summed E-state index contributed by atoms with van der Waals surface area (Å²) in [5, 5.41) is 16.2. The molecular formula is C16H14N2O3. The van der Waals surface area contributed by atoms with Gasteiger partial charge in [0.2, 0.25) is 0 Å². The molecule has 5 heteroatoms. The summed E-state index contributed by atoms with van der Waals surface area (Å²) in [6.07, 6.45) is 0.905. The lowest BCUT2D eigenvalue weighted by molar-refractivity contribution is 0.192. The molecule has 106 valence electrons. The average Bonchev–Trinajstić information content (AvgIpc) is 3.19. The zero-order valence-corrected chi connectivity index (χ0v) is 11.3. The van der Waals surface area contributed by atoms with Crippen LogP contribution in [0.4, 0.5) is 0 Å².